The normalized spacial score (nSPS) is 27.8. The highest BCUT2D eigenvalue weighted by Gasteiger charge is 2.38. The van der Waals surface area contributed by atoms with Crippen LogP contribution in [-0.4, -0.2) is 12.5 Å². The van der Waals surface area contributed by atoms with Crippen molar-refractivity contribution in [2.45, 2.75) is 19.4 Å². The fourth-order valence-electron chi connectivity index (χ4n) is 2.41. The Labute approximate surface area is 100 Å². The smallest absolute Gasteiger partial charge is 0.262 e. The number of hydrogen-bond acceptors (Lipinski definition) is 3. The third kappa shape index (κ3) is 1.89. The van der Waals surface area contributed by atoms with Crippen LogP contribution in [0.3, 0.4) is 0 Å². The van der Waals surface area contributed by atoms with Crippen molar-refractivity contribution in [3.63, 3.8) is 0 Å². The predicted octanol–water partition coefficient (Wildman–Crippen LogP) is 1.67. The van der Waals surface area contributed by atoms with Crippen molar-refractivity contribution in [3.05, 3.63) is 23.8 Å². The molecule has 4 nitrogen and oxygen atoms in total. The Morgan fingerprint density at radius 2 is 2.29 bits per heavy atom. The molecule has 0 aromatic heterocycles. The van der Waals surface area contributed by atoms with Gasteiger partial charge in [0.2, 0.25) is 0 Å². The maximum absolute atomic E-state index is 11.2. The molecule has 1 fully saturated rings. The number of carbonyl (C=O) groups excluding carboxylic acids is 1. The second-order valence-corrected chi connectivity index (χ2v) is 5.00. The molecule has 1 saturated carbocycles. The molecule has 0 spiro atoms. The molecule has 3 N–H and O–H groups in total. The van der Waals surface area contributed by atoms with Crippen molar-refractivity contribution in [3.8, 4) is 5.75 Å². The van der Waals surface area contributed by atoms with Gasteiger partial charge in [0, 0.05) is 6.04 Å². The molecule has 0 radical (unpaired) electrons. The molecule has 0 saturated heterocycles. The minimum absolute atomic E-state index is 0.0640. The molecule has 17 heavy (non-hydrogen) atoms. The van der Waals surface area contributed by atoms with Gasteiger partial charge in [-0.3, -0.25) is 4.79 Å². The molecule has 4 heteroatoms. The fourth-order valence-corrected chi connectivity index (χ4v) is 2.41. The summed E-state index contributed by atoms with van der Waals surface area (Å²) in [4.78, 5) is 11.2. The van der Waals surface area contributed by atoms with E-state index in [1.54, 1.807) is 0 Å². The number of amides is 1. The highest BCUT2D eigenvalue weighted by atomic mass is 16.5. The maximum Gasteiger partial charge on any atom is 0.262 e. The molecule has 1 aromatic rings. The minimum atomic E-state index is -0.108. The Bertz CT molecular complexity index is 472. The highest BCUT2D eigenvalue weighted by molar-refractivity contribution is 5.95. The lowest BCUT2D eigenvalue weighted by Gasteiger charge is -2.20. The zero-order valence-corrected chi connectivity index (χ0v) is 9.77. The number of carbonyl (C=O) groups is 1. The zero-order valence-electron chi connectivity index (χ0n) is 9.77. The average Bonchev–Trinajstić information content (AvgIpc) is 3.04. The Hall–Kier alpha value is -1.55. The van der Waals surface area contributed by atoms with Crippen LogP contribution in [0.4, 0.5) is 5.69 Å². The van der Waals surface area contributed by atoms with Gasteiger partial charge in [-0.25, -0.2) is 0 Å². The van der Waals surface area contributed by atoms with Crippen molar-refractivity contribution in [2.24, 2.45) is 17.6 Å². The second-order valence-electron chi connectivity index (χ2n) is 5.00. The lowest BCUT2D eigenvalue weighted by atomic mass is 10.0. The Morgan fingerprint density at radius 1 is 1.53 bits per heavy atom. The number of nitrogens with one attached hydrogen (secondary N) is 1. The number of hydrogen-bond donors (Lipinski definition) is 2. The van der Waals surface area contributed by atoms with Gasteiger partial charge >= 0.3 is 0 Å². The lowest BCUT2D eigenvalue weighted by Crippen LogP contribution is -2.25. The largest absolute Gasteiger partial charge is 0.482 e. The van der Waals surface area contributed by atoms with E-state index in [0.29, 0.717) is 11.8 Å². The first-order valence-corrected chi connectivity index (χ1v) is 5.97. The summed E-state index contributed by atoms with van der Waals surface area (Å²) in [6.45, 7) is 2.31. The van der Waals surface area contributed by atoms with E-state index in [1.807, 2.05) is 18.2 Å². The molecule has 3 rings (SSSR count). The molecule has 3 unspecified atom stereocenters. The van der Waals surface area contributed by atoms with Crippen molar-refractivity contribution >= 4 is 11.6 Å². The van der Waals surface area contributed by atoms with E-state index in [-0.39, 0.29) is 18.6 Å². The van der Waals surface area contributed by atoms with Crippen LogP contribution < -0.4 is 15.8 Å². The van der Waals surface area contributed by atoms with E-state index in [1.165, 1.54) is 6.42 Å². The molecule has 90 valence electrons. The van der Waals surface area contributed by atoms with Gasteiger partial charge in [-0.05, 0) is 36.0 Å². The third-order valence-electron chi connectivity index (χ3n) is 3.65. The summed E-state index contributed by atoms with van der Waals surface area (Å²) < 4.78 is 5.31. The van der Waals surface area contributed by atoms with Crippen LogP contribution in [0.15, 0.2) is 18.2 Å². The van der Waals surface area contributed by atoms with E-state index in [9.17, 15) is 4.79 Å². The number of nitrogens with two attached hydrogens (primary N) is 1. The van der Waals surface area contributed by atoms with Crippen molar-refractivity contribution in [2.75, 3.05) is 11.9 Å². The fraction of sp³-hybridized carbons (Fsp3) is 0.462. The topological polar surface area (TPSA) is 64.3 Å². The summed E-state index contributed by atoms with van der Waals surface area (Å²) >= 11 is 0. The van der Waals surface area contributed by atoms with Gasteiger partial charge in [0.15, 0.2) is 6.61 Å². The van der Waals surface area contributed by atoms with E-state index >= 15 is 0 Å². The third-order valence-corrected chi connectivity index (χ3v) is 3.65. The molecule has 1 aliphatic carbocycles. The summed E-state index contributed by atoms with van der Waals surface area (Å²) in [5, 5.41) is 2.81. The van der Waals surface area contributed by atoms with Crippen molar-refractivity contribution in [1.82, 2.24) is 0 Å². The number of rotatable bonds is 2. The summed E-state index contributed by atoms with van der Waals surface area (Å²) in [5.41, 5.74) is 8.02. The summed E-state index contributed by atoms with van der Waals surface area (Å²) in [6.07, 6.45) is 1.20. The monoisotopic (exact) mass is 232 g/mol. The molecular formula is C13H16N2O2. The van der Waals surface area contributed by atoms with Crippen LogP contribution in [0.25, 0.3) is 0 Å². The standard InChI is InChI=1S/C13H16N2O2/c1-7-4-9(7)13(14)8-2-3-11-10(5-8)15-12(16)6-17-11/h2-3,5,7,9,13H,4,6,14H2,1H3,(H,15,16). The second kappa shape index (κ2) is 3.74. The first kappa shape index (κ1) is 10.6. The summed E-state index contributed by atoms with van der Waals surface area (Å²) in [5.74, 6) is 1.91. The van der Waals surface area contributed by atoms with Gasteiger partial charge in [0.25, 0.3) is 5.91 Å². The molecule has 1 amide bonds. The van der Waals surface area contributed by atoms with Crippen LogP contribution in [0.5, 0.6) is 5.75 Å². The molecule has 3 atom stereocenters. The first-order chi connectivity index (χ1) is 8.15. The molecular weight excluding hydrogens is 216 g/mol. The van der Waals surface area contributed by atoms with Crippen LogP contribution >= 0.6 is 0 Å². The molecule has 1 aliphatic heterocycles. The molecule has 1 heterocycles. The summed E-state index contributed by atoms with van der Waals surface area (Å²) in [7, 11) is 0. The van der Waals surface area contributed by atoms with E-state index < -0.39 is 0 Å². The van der Waals surface area contributed by atoms with Crippen molar-refractivity contribution < 1.29 is 9.53 Å². The predicted molar refractivity (Wildman–Crippen MR) is 64.8 cm³/mol. The van der Waals surface area contributed by atoms with Crippen LogP contribution in [0, 0.1) is 11.8 Å². The quantitative estimate of drug-likeness (QED) is 0.815. The van der Waals surface area contributed by atoms with E-state index in [2.05, 4.69) is 12.2 Å². The van der Waals surface area contributed by atoms with Gasteiger partial charge in [-0.1, -0.05) is 13.0 Å². The van der Waals surface area contributed by atoms with Gasteiger partial charge in [0.1, 0.15) is 5.75 Å². The number of ether oxygens (including phenoxy) is 1. The highest BCUT2D eigenvalue weighted by Crippen LogP contribution is 2.46. The SMILES string of the molecule is CC1CC1C(N)c1ccc2c(c1)NC(=O)CO2. The average molecular weight is 232 g/mol. The van der Waals surface area contributed by atoms with Gasteiger partial charge < -0.3 is 15.8 Å². The lowest BCUT2D eigenvalue weighted by molar-refractivity contribution is -0.118. The number of fused-ring (bicyclic) bond motifs is 1. The molecule has 0 bridgehead atoms. The first-order valence-electron chi connectivity index (χ1n) is 5.97. The Balaban J connectivity index is 1.87. The Kier molecular flexibility index (Phi) is 2.33. The van der Waals surface area contributed by atoms with Crippen LogP contribution in [0.1, 0.15) is 24.9 Å². The molecule has 1 aromatic carbocycles. The number of benzene rings is 1. The van der Waals surface area contributed by atoms with E-state index in [0.717, 1.165) is 17.0 Å². The summed E-state index contributed by atoms with van der Waals surface area (Å²) in [6, 6.07) is 5.87. The minimum Gasteiger partial charge on any atom is -0.482 e. The molecule has 2 aliphatic rings. The van der Waals surface area contributed by atoms with E-state index in [4.69, 9.17) is 10.5 Å². The van der Waals surface area contributed by atoms with Gasteiger partial charge in [-0.15, -0.1) is 0 Å². The number of anilines is 1. The van der Waals surface area contributed by atoms with Crippen molar-refractivity contribution in [1.29, 1.82) is 0 Å². The van der Waals surface area contributed by atoms with Gasteiger partial charge in [0.05, 0.1) is 5.69 Å². The zero-order chi connectivity index (χ0) is 12.0. The van der Waals surface area contributed by atoms with Crippen LogP contribution in [-0.2, 0) is 4.79 Å². The Morgan fingerprint density at radius 3 is 3.00 bits per heavy atom. The van der Waals surface area contributed by atoms with Gasteiger partial charge in [-0.2, -0.15) is 0 Å². The maximum atomic E-state index is 11.2. The van der Waals surface area contributed by atoms with Crippen LogP contribution in [0.2, 0.25) is 0 Å².